The molecule has 0 heterocycles. The van der Waals surface area contributed by atoms with Crippen molar-refractivity contribution in [3.05, 3.63) is 83.4 Å². The molecule has 156 valence electrons. The van der Waals surface area contributed by atoms with Crippen LogP contribution in [-0.2, 0) is 10.0 Å². The SMILES string of the molecule is CC(C)Oc1ccc(NC(=O)c2cccc(NS(=O)(=O)c3ccc(Cl)cc3)c2)cc1. The van der Waals surface area contributed by atoms with Gasteiger partial charge in [0.1, 0.15) is 5.75 Å². The summed E-state index contributed by atoms with van der Waals surface area (Å²) >= 11 is 5.81. The maximum Gasteiger partial charge on any atom is 0.261 e. The number of carbonyl (C=O) groups excluding carboxylic acids is 1. The fourth-order valence-corrected chi connectivity index (χ4v) is 3.82. The van der Waals surface area contributed by atoms with Crippen molar-refractivity contribution in [1.29, 1.82) is 0 Å². The normalized spacial score (nSPS) is 11.2. The smallest absolute Gasteiger partial charge is 0.261 e. The summed E-state index contributed by atoms with van der Waals surface area (Å²) < 4.78 is 33.1. The highest BCUT2D eigenvalue weighted by Gasteiger charge is 2.15. The lowest BCUT2D eigenvalue weighted by atomic mass is 10.2. The molecule has 30 heavy (non-hydrogen) atoms. The average molecular weight is 445 g/mol. The zero-order chi connectivity index (χ0) is 21.7. The van der Waals surface area contributed by atoms with E-state index in [1.807, 2.05) is 13.8 Å². The second kappa shape index (κ2) is 9.19. The van der Waals surface area contributed by atoms with Gasteiger partial charge in [-0.3, -0.25) is 9.52 Å². The first-order chi connectivity index (χ1) is 14.2. The van der Waals surface area contributed by atoms with Crippen LogP contribution in [0.2, 0.25) is 5.02 Å². The summed E-state index contributed by atoms with van der Waals surface area (Å²) in [6, 6.07) is 19.1. The lowest BCUT2D eigenvalue weighted by Gasteiger charge is -2.11. The fourth-order valence-electron chi connectivity index (χ4n) is 2.64. The van der Waals surface area contributed by atoms with Crippen molar-refractivity contribution in [2.75, 3.05) is 10.0 Å². The van der Waals surface area contributed by atoms with Gasteiger partial charge in [-0.1, -0.05) is 17.7 Å². The molecule has 3 aromatic carbocycles. The molecule has 0 aromatic heterocycles. The van der Waals surface area contributed by atoms with E-state index in [0.717, 1.165) is 0 Å². The summed E-state index contributed by atoms with van der Waals surface area (Å²) in [4.78, 5) is 12.6. The minimum Gasteiger partial charge on any atom is -0.491 e. The second-order valence-electron chi connectivity index (χ2n) is 6.79. The number of amides is 1. The van der Waals surface area contributed by atoms with E-state index in [0.29, 0.717) is 22.0 Å². The van der Waals surface area contributed by atoms with Gasteiger partial charge in [0.2, 0.25) is 0 Å². The molecular formula is C22H21ClN2O4S. The predicted octanol–water partition coefficient (Wildman–Crippen LogP) is 5.18. The number of rotatable bonds is 7. The Kier molecular flexibility index (Phi) is 6.64. The number of carbonyl (C=O) groups is 1. The first-order valence-corrected chi connectivity index (χ1v) is 11.1. The van der Waals surface area contributed by atoms with E-state index >= 15 is 0 Å². The molecule has 0 aliphatic rings. The molecule has 3 aromatic rings. The van der Waals surface area contributed by atoms with E-state index in [-0.39, 0.29) is 22.6 Å². The maximum absolute atomic E-state index is 12.6. The fraction of sp³-hybridized carbons (Fsp3) is 0.136. The van der Waals surface area contributed by atoms with E-state index in [1.165, 1.54) is 30.3 Å². The lowest BCUT2D eigenvalue weighted by molar-refractivity contribution is 0.102. The van der Waals surface area contributed by atoms with Gasteiger partial charge in [0.25, 0.3) is 15.9 Å². The summed E-state index contributed by atoms with van der Waals surface area (Å²) in [6.45, 7) is 3.87. The largest absolute Gasteiger partial charge is 0.491 e. The Morgan fingerprint density at radius 2 is 1.60 bits per heavy atom. The molecule has 2 N–H and O–H groups in total. The molecule has 8 heteroatoms. The Bertz CT molecular complexity index is 1130. The molecule has 0 bridgehead atoms. The van der Waals surface area contributed by atoms with Gasteiger partial charge in [0.15, 0.2) is 0 Å². The number of sulfonamides is 1. The van der Waals surface area contributed by atoms with Crippen molar-refractivity contribution in [1.82, 2.24) is 0 Å². The molecule has 0 saturated carbocycles. The van der Waals surface area contributed by atoms with Crippen LogP contribution in [0.4, 0.5) is 11.4 Å². The molecule has 0 spiro atoms. The Hall–Kier alpha value is -3.03. The van der Waals surface area contributed by atoms with Gasteiger partial charge in [-0.15, -0.1) is 0 Å². The Morgan fingerprint density at radius 1 is 0.933 bits per heavy atom. The van der Waals surface area contributed by atoms with Crippen LogP contribution >= 0.6 is 11.6 Å². The van der Waals surface area contributed by atoms with Crippen molar-refractivity contribution < 1.29 is 17.9 Å². The molecule has 0 unspecified atom stereocenters. The quantitative estimate of drug-likeness (QED) is 0.525. The molecular weight excluding hydrogens is 424 g/mol. The highest BCUT2D eigenvalue weighted by Crippen LogP contribution is 2.21. The third-order valence-corrected chi connectivity index (χ3v) is 5.63. The molecule has 6 nitrogen and oxygen atoms in total. The first kappa shape index (κ1) is 21.7. The van der Waals surface area contributed by atoms with Crippen molar-refractivity contribution in [2.24, 2.45) is 0 Å². The van der Waals surface area contributed by atoms with Gasteiger partial charge in [-0.05, 0) is 80.6 Å². The molecule has 1 amide bonds. The number of anilines is 2. The monoisotopic (exact) mass is 444 g/mol. The number of benzene rings is 3. The number of hydrogen-bond donors (Lipinski definition) is 2. The van der Waals surface area contributed by atoms with E-state index in [1.54, 1.807) is 42.5 Å². The topological polar surface area (TPSA) is 84.5 Å². The van der Waals surface area contributed by atoms with Gasteiger partial charge < -0.3 is 10.1 Å². The number of halogens is 1. The van der Waals surface area contributed by atoms with Gasteiger partial charge >= 0.3 is 0 Å². The van der Waals surface area contributed by atoms with Crippen LogP contribution in [0.25, 0.3) is 0 Å². The summed E-state index contributed by atoms with van der Waals surface area (Å²) in [6.07, 6.45) is 0.0600. The molecule has 3 rings (SSSR count). The van der Waals surface area contributed by atoms with Crippen LogP contribution < -0.4 is 14.8 Å². The second-order valence-corrected chi connectivity index (χ2v) is 8.90. The maximum atomic E-state index is 12.6. The summed E-state index contributed by atoms with van der Waals surface area (Å²) in [5.41, 5.74) is 1.19. The Morgan fingerprint density at radius 3 is 2.23 bits per heavy atom. The minimum absolute atomic E-state index is 0.0600. The number of hydrogen-bond acceptors (Lipinski definition) is 4. The van der Waals surface area contributed by atoms with Crippen LogP contribution in [0.15, 0.2) is 77.7 Å². The summed E-state index contributed by atoms with van der Waals surface area (Å²) in [5, 5.41) is 3.22. The number of nitrogens with one attached hydrogen (secondary N) is 2. The lowest BCUT2D eigenvalue weighted by Crippen LogP contribution is -2.15. The third kappa shape index (κ3) is 5.75. The van der Waals surface area contributed by atoms with E-state index in [9.17, 15) is 13.2 Å². The van der Waals surface area contributed by atoms with Crippen LogP contribution in [-0.4, -0.2) is 20.4 Å². The standard InChI is InChI=1S/C22H21ClN2O4S/c1-15(2)29-20-10-8-18(9-11-20)24-22(26)16-4-3-5-19(14-16)25-30(27,28)21-12-6-17(23)7-13-21/h3-15,25H,1-2H3,(H,24,26). The third-order valence-electron chi connectivity index (χ3n) is 3.98. The van der Waals surface area contributed by atoms with Gasteiger partial charge in [0.05, 0.1) is 11.0 Å². The van der Waals surface area contributed by atoms with Crippen LogP contribution in [0, 0.1) is 0 Å². The number of ether oxygens (including phenoxy) is 1. The van der Waals surface area contributed by atoms with Crippen LogP contribution in [0.3, 0.4) is 0 Å². The minimum atomic E-state index is -3.80. The highest BCUT2D eigenvalue weighted by atomic mass is 35.5. The zero-order valence-corrected chi connectivity index (χ0v) is 18.0. The molecule has 0 atom stereocenters. The zero-order valence-electron chi connectivity index (χ0n) is 16.4. The molecule has 0 aliphatic carbocycles. The van der Waals surface area contributed by atoms with Crippen molar-refractivity contribution in [2.45, 2.75) is 24.8 Å². The van der Waals surface area contributed by atoms with Gasteiger partial charge in [0, 0.05) is 22.0 Å². The van der Waals surface area contributed by atoms with E-state index in [2.05, 4.69) is 10.0 Å². The van der Waals surface area contributed by atoms with Crippen LogP contribution in [0.5, 0.6) is 5.75 Å². The van der Waals surface area contributed by atoms with E-state index in [4.69, 9.17) is 16.3 Å². The molecule has 0 radical (unpaired) electrons. The van der Waals surface area contributed by atoms with Gasteiger partial charge in [-0.2, -0.15) is 0 Å². The van der Waals surface area contributed by atoms with E-state index < -0.39 is 10.0 Å². The average Bonchev–Trinajstić information content (AvgIpc) is 2.69. The van der Waals surface area contributed by atoms with Crippen molar-refractivity contribution in [3.8, 4) is 5.75 Å². The van der Waals surface area contributed by atoms with Crippen LogP contribution in [0.1, 0.15) is 24.2 Å². The first-order valence-electron chi connectivity index (χ1n) is 9.19. The summed E-state index contributed by atoms with van der Waals surface area (Å²) in [7, 11) is -3.80. The molecule has 0 aliphatic heterocycles. The molecule has 0 saturated heterocycles. The van der Waals surface area contributed by atoms with Gasteiger partial charge in [-0.25, -0.2) is 8.42 Å². The van der Waals surface area contributed by atoms with Crippen molar-refractivity contribution in [3.63, 3.8) is 0 Å². The summed E-state index contributed by atoms with van der Waals surface area (Å²) in [5.74, 6) is 0.349. The predicted molar refractivity (Wildman–Crippen MR) is 119 cm³/mol. The Balaban J connectivity index is 1.71. The van der Waals surface area contributed by atoms with Crippen molar-refractivity contribution >= 4 is 38.9 Å². The molecule has 0 fully saturated rings. The Labute approximate surface area is 180 Å². The highest BCUT2D eigenvalue weighted by molar-refractivity contribution is 7.92.